The van der Waals surface area contributed by atoms with Gasteiger partial charge in [0.15, 0.2) is 0 Å². The molecule has 0 aliphatic carbocycles. The van der Waals surface area contributed by atoms with E-state index in [1.165, 1.54) is 12.8 Å². The maximum absolute atomic E-state index is 10.2. The first kappa shape index (κ1) is 10.7. The second-order valence-electron chi connectivity index (χ2n) is 3.43. The predicted molar refractivity (Wildman–Crippen MR) is 48.5 cm³/mol. The highest BCUT2D eigenvalue weighted by Gasteiger charge is 2.08. The average molecular weight is 156 g/mol. The van der Waals surface area contributed by atoms with E-state index in [0.717, 1.165) is 25.0 Å². The van der Waals surface area contributed by atoms with Gasteiger partial charge in [0, 0.05) is 6.42 Å². The van der Waals surface area contributed by atoms with Crippen LogP contribution in [0.4, 0.5) is 0 Å². The van der Waals surface area contributed by atoms with Crippen molar-refractivity contribution >= 4 is 6.29 Å². The van der Waals surface area contributed by atoms with Crippen molar-refractivity contribution in [3.8, 4) is 0 Å². The second-order valence-corrected chi connectivity index (χ2v) is 3.43. The molecule has 1 heteroatoms. The summed E-state index contributed by atoms with van der Waals surface area (Å²) in [5.74, 6) is 1.40. The number of rotatable bonds is 6. The molecular formula is C10H20O. The van der Waals surface area contributed by atoms with Crippen LogP contribution in [0.5, 0.6) is 0 Å². The minimum Gasteiger partial charge on any atom is -0.303 e. The number of aldehydes is 1. The zero-order valence-electron chi connectivity index (χ0n) is 7.97. The van der Waals surface area contributed by atoms with Gasteiger partial charge in [-0.15, -0.1) is 0 Å². The summed E-state index contributed by atoms with van der Waals surface area (Å²) in [7, 11) is 0. The third-order valence-electron chi connectivity index (χ3n) is 2.44. The lowest BCUT2D eigenvalue weighted by molar-refractivity contribution is -0.108. The molecule has 0 bridgehead atoms. The topological polar surface area (TPSA) is 17.1 Å². The van der Waals surface area contributed by atoms with Gasteiger partial charge >= 0.3 is 0 Å². The summed E-state index contributed by atoms with van der Waals surface area (Å²) >= 11 is 0. The van der Waals surface area contributed by atoms with Crippen LogP contribution in [0.25, 0.3) is 0 Å². The molecule has 0 aromatic rings. The van der Waals surface area contributed by atoms with E-state index < -0.39 is 0 Å². The molecule has 0 rings (SSSR count). The SMILES string of the molecule is CCC(C)CC(CC)CC=O. The lowest BCUT2D eigenvalue weighted by atomic mass is 9.90. The van der Waals surface area contributed by atoms with Crippen molar-refractivity contribution in [2.45, 2.75) is 46.5 Å². The summed E-state index contributed by atoms with van der Waals surface area (Å²) in [6.45, 7) is 6.63. The highest BCUT2D eigenvalue weighted by Crippen LogP contribution is 2.19. The van der Waals surface area contributed by atoms with E-state index in [2.05, 4.69) is 20.8 Å². The van der Waals surface area contributed by atoms with Gasteiger partial charge in [-0.2, -0.15) is 0 Å². The van der Waals surface area contributed by atoms with Crippen molar-refractivity contribution in [2.75, 3.05) is 0 Å². The molecule has 0 aromatic carbocycles. The molecule has 0 N–H and O–H groups in total. The van der Waals surface area contributed by atoms with Crippen LogP contribution in [0, 0.1) is 11.8 Å². The Bertz CT molecular complexity index is 99.0. The normalized spacial score (nSPS) is 15.9. The van der Waals surface area contributed by atoms with E-state index in [-0.39, 0.29) is 0 Å². The number of hydrogen-bond acceptors (Lipinski definition) is 1. The lowest BCUT2D eigenvalue weighted by Gasteiger charge is -2.15. The minimum atomic E-state index is 0.627. The number of carbonyl (C=O) groups is 1. The van der Waals surface area contributed by atoms with Crippen LogP contribution in [0.3, 0.4) is 0 Å². The molecule has 0 aliphatic heterocycles. The van der Waals surface area contributed by atoms with Gasteiger partial charge in [0.2, 0.25) is 0 Å². The molecule has 2 unspecified atom stereocenters. The molecule has 0 aliphatic rings. The van der Waals surface area contributed by atoms with Crippen molar-refractivity contribution in [1.29, 1.82) is 0 Å². The molecule has 0 saturated carbocycles. The number of hydrogen-bond donors (Lipinski definition) is 0. The van der Waals surface area contributed by atoms with Gasteiger partial charge in [-0.25, -0.2) is 0 Å². The lowest BCUT2D eigenvalue weighted by Crippen LogP contribution is -2.05. The first-order valence-electron chi connectivity index (χ1n) is 4.68. The Morgan fingerprint density at radius 3 is 2.27 bits per heavy atom. The Morgan fingerprint density at radius 2 is 1.91 bits per heavy atom. The molecule has 0 heterocycles. The van der Waals surface area contributed by atoms with E-state index in [1.54, 1.807) is 0 Å². The molecule has 0 spiro atoms. The molecule has 2 atom stereocenters. The van der Waals surface area contributed by atoms with Crippen LogP contribution in [0.2, 0.25) is 0 Å². The van der Waals surface area contributed by atoms with E-state index in [0.29, 0.717) is 5.92 Å². The van der Waals surface area contributed by atoms with Gasteiger partial charge in [-0.3, -0.25) is 0 Å². The summed E-state index contributed by atoms with van der Waals surface area (Å²) in [6.07, 6.45) is 5.39. The van der Waals surface area contributed by atoms with Gasteiger partial charge in [0.05, 0.1) is 0 Å². The highest BCUT2D eigenvalue weighted by molar-refractivity contribution is 5.49. The summed E-state index contributed by atoms with van der Waals surface area (Å²) in [6, 6.07) is 0. The summed E-state index contributed by atoms with van der Waals surface area (Å²) < 4.78 is 0. The van der Waals surface area contributed by atoms with Crippen molar-refractivity contribution < 1.29 is 4.79 Å². The zero-order chi connectivity index (χ0) is 8.69. The zero-order valence-corrected chi connectivity index (χ0v) is 7.97. The van der Waals surface area contributed by atoms with Crippen LogP contribution < -0.4 is 0 Å². The van der Waals surface area contributed by atoms with Gasteiger partial charge in [-0.1, -0.05) is 33.6 Å². The van der Waals surface area contributed by atoms with E-state index >= 15 is 0 Å². The molecule has 66 valence electrons. The molecule has 0 amide bonds. The fraction of sp³-hybridized carbons (Fsp3) is 0.900. The minimum absolute atomic E-state index is 0.627. The van der Waals surface area contributed by atoms with Gasteiger partial charge in [-0.05, 0) is 18.3 Å². The van der Waals surface area contributed by atoms with Crippen LogP contribution in [-0.2, 0) is 4.79 Å². The molecular weight excluding hydrogens is 136 g/mol. The summed E-state index contributed by atoms with van der Waals surface area (Å²) in [5.41, 5.74) is 0. The molecule has 0 fully saturated rings. The standard InChI is InChI=1S/C10H20O/c1-4-9(3)8-10(5-2)6-7-11/h7,9-10H,4-6,8H2,1-3H3. The summed E-state index contributed by atoms with van der Waals surface area (Å²) in [5, 5.41) is 0. The van der Waals surface area contributed by atoms with Crippen molar-refractivity contribution in [2.24, 2.45) is 11.8 Å². The van der Waals surface area contributed by atoms with Crippen LogP contribution >= 0.6 is 0 Å². The van der Waals surface area contributed by atoms with Crippen molar-refractivity contribution in [1.82, 2.24) is 0 Å². The van der Waals surface area contributed by atoms with Gasteiger partial charge in [0.1, 0.15) is 6.29 Å². The Morgan fingerprint density at radius 1 is 1.27 bits per heavy atom. The van der Waals surface area contributed by atoms with Crippen LogP contribution in [0.15, 0.2) is 0 Å². The van der Waals surface area contributed by atoms with E-state index in [4.69, 9.17) is 0 Å². The fourth-order valence-corrected chi connectivity index (χ4v) is 1.30. The fourth-order valence-electron chi connectivity index (χ4n) is 1.30. The molecule has 0 aromatic heterocycles. The summed E-state index contributed by atoms with van der Waals surface area (Å²) in [4.78, 5) is 10.2. The molecule has 11 heavy (non-hydrogen) atoms. The van der Waals surface area contributed by atoms with E-state index in [9.17, 15) is 4.79 Å². The molecule has 0 radical (unpaired) electrons. The predicted octanol–water partition coefficient (Wildman–Crippen LogP) is 3.04. The third kappa shape index (κ3) is 5.00. The Kier molecular flexibility index (Phi) is 6.19. The van der Waals surface area contributed by atoms with Gasteiger partial charge < -0.3 is 4.79 Å². The van der Waals surface area contributed by atoms with Crippen molar-refractivity contribution in [3.05, 3.63) is 0 Å². The first-order chi connectivity index (χ1) is 5.24. The first-order valence-corrected chi connectivity index (χ1v) is 4.68. The maximum Gasteiger partial charge on any atom is 0.120 e. The van der Waals surface area contributed by atoms with Crippen molar-refractivity contribution in [3.63, 3.8) is 0 Å². The van der Waals surface area contributed by atoms with Crippen LogP contribution in [-0.4, -0.2) is 6.29 Å². The number of carbonyl (C=O) groups excluding carboxylic acids is 1. The second kappa shape index (κ2) is 6.38. The molecule has 1 nitrogen and oxygen atoms in total. The largest absolute Gasteiger partial charge is 0.303 e. The Hall–Kier alpha value is -0.330. The van der Waals surface area contributed by atoms with Crippen LogP contribution in [0.1, 0.15) is 46.5 Å². The monoisotopic (exact) mass is 156 g/mol. The van der Waals surface area contributed by atoms with E-state index in [1.807, 2.05) is 0 Å². The molecule has 0 saturated heterocycles. The third-order valence-corrected chi connectivity index (χ3v) is 2.44. The average Bonchev–Trinajstić information content (AvgIpc) is 2.03. The Labute approximate surface area is 70.2 Å². The Balaban J connectivity index is 3.57. The smallest absolute Gasteiger partial charge is 0.120 e. The highest BCUT2D eigenvalue weighted by atomic mass is 16.1. The quantitative estimate of drug-likeness (QED) is 0.540. The van der Waals surface area contributed by atoms with Gasteiger partial charge in [0.25, 0.3) is 0 Å². The maximum atomic E-state index is 10.2.